The molecular formula is C21H21NO5S. The molecule has 0 aliphatic heterocycles. The first-order chi connectivity index (χ1) is 13.6. The van der Waals surface area contributed by atoms with E-state index in [1.807, 2.05) is 37.4 Å². The SMILES string of the molecule is CCOc1ccc(-c2nc(-c3cc(C(=O)O)ccc3OC)cs2)cc1OCC. The number of nitrogens with zero attached hydrogens (tertiary/aromatic N) is 1. The van der Waals surface area contributed by atoms with Crippen LogP contribution in [0.4, 0.5) is 0 Å². The van der Waals surface area contributed by atoms with Gasteiger partial charge in [-0.15, -0.1) is 11.3 Å². The van der Waals surface area contributed by atoms with Crippen LogP contribution in [0.2, 0.25) is 0 Å². The topological polar surface area (TPSA) is 77.9 Å². The molecule has 3 aromatic rings. The Bertz CT molecular complexity index is 983. The summed E-state index contributed by atoms with van der Waals surface area (Å²) in [5.41, 5.74) is 2.38. The van der Waals surface area contributed by atoms with E-state index in [0.29, 0.717) is 41.7 Å². The molecule has 146 valence electrons. The fraction of sp³-hybridized carbons (Fsp3) is 0.238. The number of thiazole rings is 1. The smallest absolute Gasteiger partial charge is 0.335 e. The van der Waals surface area contributed by atoms with Gasteiger partial charge in [-0.2, -0.15) is 0 Å². The number of aromatic carboxylic acids is 1. The van der Waals surface area contributed by atoms with Gasteiger partial charge in [0.2, 0.25) is 0 Å². The summed E-state index contributed by atoms with van der Waals surface area (Å²) < 4.78 is 16.7. The van der Waals surface area contributed by atoms with E-state index >= 15 is 0 Å². The molecule has 6 nitrogen and oxygen atoms in total. The highest BCUT2D eigenvalue weighted by molar-refractivity contribution is 7.13. The van der Waals surface area contributed by atoms with Crippen LogP contribution in [0, 0.1) is 0 Å². The van der Waals surface area contributed by atoms with Crippen LogP contribution < -0.4 is 14.2 Å². The molecule has 3 rings (SSSR count). The second kappa shape index (κ2) is 8.75. The van der Waals surface area contributed by atoms with Crippen molar-refractivity contribution in [1.82, 2.24) is 4.98 Å². The lowest BCUT2D eigenvalue weighted by Crippen LogP contribution is -1.98. The van der Waals surface area contributed by atoms with E-state index in [9.17, 15) is 9.90 Å². The molecule has 28 heavy (non-hydrogen) atoms. The summed E-state index contributed by atoms with van der Waals surface area (Å²) in [5.74, 6) is 0.945. The summed E-state index contributed by atoms with van der Waals surface area (Å²) >= 11 is 1.47. The number of carboxylic acids is 1. The summed E-state index contributed by atoms with van der Waals surface area (Å²) in [6.45, 7) is 4.94. The van der Waals surface area contributed by atoms with Crippen molar-refractivity contribution >= 4 is 17.3 Å². The Balaban J connectivity index is 2.00. The van der Waals surface area contributed by atoms with Crippen molar-refractivity contribution < 1.29 is 24.1 Å². The van der Waals surface area contributed by atoms with E-state index < -0.39 is 5.97 Å². The van der Waals surface area contributed by atoms with Crippen LogP contribution >= 0.6 is 11.3 Å². The first-order valence-corrected chi connectivity index (χ1v) is 9.72. The molecule has 0 atom stereocenters. The molecule has 0 aliphatic carbocycles. The van der Waals surface area contributed by atoms with Crippen molar-refractivity contribution in [2.75, 3.05) is 20.3 Å². The average Bonchev–Trinajstić information content (AvgIpc) is 3.19. The second-order valence-corrected chi connectivity index (χ2v) is 6.64. The van der Waals surface area contributed by atoms with Crippen LogP contribution in [0.25, 0.3) is 21.8 Å². The molecule has 0 radical (unpaired) electrons. The molecule has 0 saturated heterocycles. The zero-order valence-electron chi connectivity index (χ0n) is 15.9. The van der Waals surface area contributed by atoms with Crippen molar-refractivity contribution in [2.45, 2.75) is 13.8 Å². The van der Waals surface area contributed by atoms with Gasteiger partial charge in [0.1, 0.15) is 10.8 Å². The van der Waals surface area contributed by atoms with Gasteiger partial charge in [0.05, 0.1) is 31.6 Å². The van der Waals surface area contributed by atoms with E-state index in [4.69, 9.17) is 14.2 Å². The van der Waals surface area contributed by atoms with Crippen molar-refractivity contribution in [3.8, 4) is 39.1 Å². The van der Waals surface area contributed by atoms with Gasteiger partial charge >= 0.3 is 5.97 Å². The van der Waals surface area contributed by atoms with Gasteiger partial charge in [-0.3, -0.25) is 0 Å². The fourth-order valence-corrected chi connectivity index (χ4v) is 3.57. The summed E-state index contributed by atoms with van der Waals surface area (Å²) in [6, 6.07) is 10.4. The average molecular weight is 399 g/mol. The Labute approximate surface area is 167 Å². The molecule has 1 aromatic heterocycles. The lowest BCUT2D eigenvalue weighted by atomic mass is 10.1. The Hall–Kier alpha value is -3.06. The summed E-state index contributed by atoms with van der Waals surface area (Å²) in [6.07, 6.45) is 0. The van der Waals surface area contributed by atoms with Crippen LogP contribution in [-0.2, 0) is 0 Å². The molecule has 0 aliphatic rings. The quantitative estimate of drug-likeness (QED) is 0.575. The maximum atomic E-state index is 11.3. The van der Waals surface area contributed by atoms with Crippen LogP contribution in [0.3, 0.4) is 0 Å². The Morgan fingerprint density at radius 1 is 1.04 bits per heavy atom. The predicted octanol–water partition coefficient (Wildman–Crippen LogP) is 4.98. The van der Waals surface area contributed by atoms with Crippen molar-refractivity contribution in [3.05, 3.63) is 47.3 Å². The standard InChI is InChI=1S/C21H21NO5S/c1-4-26-18-9-6-13(11-19(18)27-5-2)20-22-16(12-28-20)15-10-14(21(23)24)7-8-17(15)25-3/h6-12H,4-5H2,1-3H3,(H,23,24). The van der Waals surface area contributed by atoms with Crippen LogP contribution in [0.5, 0.6) is 17.2 Å². The first-order valence-electron chi connectivity index (χ1n) is 8.84. The number of carbonyl (C=O) groups is 1. The van der Waals surface area contributed by atoms with E-state index in [2.05, 4.69) is 4.98 Å². The largest absolute Gasteiger partial charge is 0.496 e. The lowest BCUT2D eigenvalue weighted by Gasteiger charge is -2.11. The Morgan fingerprint density at radius 2 is 1.75 bits per heavy atom. The first kappa shape index (κ1) is 19.7. The Kier molecular flexibility index (Phi) is 6.16. The number of ether oxygens (including phenoxy) is 3. The van der Waals surface area contributed by atoms with Crippen LogP contribution in [0.1, 0.15) is 24.2 Å². The maximum absolute atomic E-state index is 11.3. The normalized spacial score (nSPS) is 10.5. The Morgan fingerprint density at radius 3 is 2.43 bits per heavy atom. The summed E-state index contributed by atoms with van der Waals surface area (Å²) in [7, 11) is 1.55. The molecule has 7 heteroatoms. The number of aromatic nitrogens is 1. The zero-order chi connectivity index (χ0) is 20.1. The number of hydrogen-bond donors (Lipinski definition) is 1. The van der Waals surface area contributed by atoms with Gasteiger partial charge in [0.15, 0.2) is 11.5 Å². The number of methoxy groups -OCH3 is 1. The van der Waals surface area contributed by atoms with E-state index in [0.717, 1.165) is 10.6 Å². The minimum atomic E-state index is -0.993. The monoisotopic (exact) mass is 399 g/mol. The third-order valence-corrected chi connectivity index (χ3v) is 4.91. The van der Waals surface area contributed by atoms with E-state index in [1.165, 1.54) is 17.4 Å². The molecule has 0 spiro atoms. The maximum Gasteiger partial charge on any atom is 0.335 e. The van der Waals surface area contributed by atoms with Gasteiger partial charge in [0, 0.05) is 16.5 Å². The minimum absolute atomic E-state index is 0.185. The van der Waals surface area contributed by atoms with Crippen molar-refractivity contribution in [2.24, 2.45) is 0 Å². The number of rotatable bonds is 8. The number of benzene rings is 2. The fourth-order valence-electron chi connectivity index (χ4n) is 2.76. The predicted molar refractivity (Wildman–Crippen MR) is 109 cm³/mol. The number of hydrogen-bond acceptors (Lipinski definition) is 6. The molecule has 2 aromatic carbocycles. The molecule has 0 unspecified atom stereocenters. The second-order valence-electron chi connectivity index (χ2n) is 5.79. The lowest BCUT2D eigenvalue weighted by molar-refractivity contribution is 0.0697. The third-order valence-electron chi connectivity index (χ3n) is 4.02. The highest BCUT2D eigenvalue weighted by Gasteiger charge is 2.15. The molecule has 0 fully saturated rings. The third kappa shape index (κ3) is 4.09. The highest BCUT2D eigenvalue weighted by Crippen LogP contribution is 2.37. The summed E-state index contributed by atoms with van der Waals surface area (Å²) in [4.78, 5) is 16.0. The van der Waals surface area contributed by atoms with Crippen LogP contribution in [0.15, 0.2) is 41.8 Å². The molecule has 0 bridgehead atoms. The molecule has 1 N–H and O–H groups in total. The molecule has 0 amide bonds. The van der Waals surface area contributed by atoms with E-state index in [-0.39, 0.29) is 5.56 Å². The van der Waals surface area contributed by atoms with Gasteiger partial charge in [0.25, 0.3) is 0 Å². The van der Waals surface area contributed by atoms with Gasteiger partial charge in [-0.05, 0) is 50.2 Å². The summed E-state index contributed by atoms with van der Waals surface area (Å²) in [5, 5.41) is 11.9. The van der Waals surface area contributed by atoms with Crippen molar-refractivity contribution in [1.29, 1.82) is 0 Å². The van der Waals surface area contributed by atoms with E-state index in [1.54, 1.807) is 19.2 Å². The van der Waals surface area contributed by atoms with Gasteiger partial charge < -0.3 is 19.3 Å². The van der Waals surface area contributed by atoms with Crippen LogP contribution in [-0.4, -0.2) is 36.4 Å². The van der Waals surface area contributed by atoms with Gasteiger partial charge in [-0.1, -0.05) is 0 Å². The molecule has 0 saturated carbocycles. The molecular weight excluding hydrogens is 378 g/mol. The van der Waals surface area contributed by atoms with Crippen molar-refractivity contribution in [3.63, 3.8) is 0 Å². The highest BCUT2D eigenvalue weighted by atomic mass is 32.1. The number of carboxylic acid groups (broad SMARTS) is 1. The van der Waals surface area contributed by atoms with Gasteiger partial charge in [-0.25, -0.2) is 9.78 Å². The molecule has 1 heterocycles. The zero-order valence-corrected chi connectivity index (χ0v) is 16.7. The minimum Gasteiger partial charge on any atom is -0.496 e.